The van der Waals surface area contributed by atoms with Gasteiger partial charge in [0.25, 0.3) is 11.8 Å². The fourth-order valence-electron chi connectivity index (χ4n) is 4.11. The van der Waals surface area contributed by atoms with Crippen LogP contribution in [-0.2, 0) is 28.8 Å². The van der Waals surface area contributed by atoms with Crippen LogP contribution in [0.25, 0.3) is 0 Å². The molecule has 0 saturated heterocycles. The van der Waals surface area contributed by atoms with Gasteiger partial charge in [0.1, 0.15) is 12.2 Å². The number of aliphatic hydroxyl groups excluding tert-OH is 2. The Morgan fingerprint density at radius 3 is 1.68 bits per heavy atom. The molecule has 13 heteroatoms. The summed E-state index contributed by atoms with van der Waals surface area (Å²) in [6.45, 7) is 7.73. The maximum Gasteiger partial charge on any atom is 0.343 e. The largest absolute Gasteiger partial charge is 0.479 e. The number of rotatable bonds is 14. The van der Waals surface area contributed by atoms with Gasteiger partial charge >= 0.3 is 5.97 Å². The number of Topliss-reactive ketones (excluding diaryl/α,β-unsaturated/α-hetero) is 3. The number of aliphatic hydroxyl groups is 3. The van der Waals surface area contributed by atoms with E-state index in [0.717, 1.165) is 27.8 Å². The predicted octanol–water partition coefficient (Wildman–Crippen LogP) is -1.64. The zero-order valence-corrected chi connectivity index (χ0v) is 22.9. The highest BCUT2D eigenvalue weighted by Crippen LogP contribution is 2.38. The van der Waals surface area contributed by atoms with Crippen molar-refractivity contribution in [1.29, 1.82) is 0 Å². The Morgan fingerprint density at radius 2 is 1.35 bits per heavy atom. The van der Waals surface area contributed by atoms with Gasteiger partial charge in [-0.2, -0.15) is 0 Å². The molecular formula is C24H41N3O10. The maximum absolute atomic E-state index is 14.7. The van der Waals surface area contributed by atoms with Gasteiger partial charge in [0.15, 0.2) is 22.6 Å². The van der Waals surface area contributed by atoms with Crippen LogP contribution < -0.4 is 5.32 Å². The Hall–Kier alpha value is -2.74. The molecule has 0 aliphatic carbocycles. The zero-order valence-electron chi connectivity index (χ0n) is 23.9. The first-order valence-corrected chi connectivity index (χ1v) is 11.7. The molecule has 5 N–H and O–H groups in total. The second kappa shape index (κ2) is 12.2. The lowest BCUT2D eigenvalue weighted by Crippen LogP contribution is -2.77. The summed E-state index contributed by atoms with van der Waals surface area (Å²) in [4.78, 5) is 81.3. The molecule has 0 aromatic carbocycles. The Kier molecular flexibility index (Phi) is 10.6. The van der Waals surface area contributed by atoms with Crippen LogP contribution in [0.1, 0.15) is 56.3 Å². The van der Waals surface area contributed by atoms with Gasteiger partial charge in [0.2, 0.25) is 11.4 Å². The Labute approximate surface area is 218 Å². The monoisotopic (exact) mass is 532 g/mol. The van der Waals surface area contributed by atoms with Crippen molar-refractivity contribution in [3.8, 4) is 0 Å². The lowest BCUT2D eigenvalue weighted by Gasteiger charge is -2.50. The standard InChI is InChI=1S/C24H41N3O10/c1-11-12(2)24(16(30)13(3)25-8,27(10)18(32)15(5)29)20(34)22(6,26(9)17(31)14(4)28)19(33)23(7,37)21(35)36/h12-15,25,28-29,37H,11H2,1-10H3,(H,35,36)/t12-,13-,14+,15+,22-,23-,24+/m0/s1/i10D. The topological polar surface area (TPSA) is 202 Å². The molecule has 13 nitrogen and oxygen atoms in total. The molecule has 2 amide bonds. The summed E-state index contributed by atoms with van der Waals surface area (Å²) in [7, 11) is 1.23. The number of hydrogen-bond donors (Lipinski definition) is 5. The number of ketones is 3. The van der Waals surface area contributed by atoms with Gasteiger partial charge in [-0.15, -0.1) is 0 Å². The van der Waals surface area contributed by atoms with Gasteiger partial charge in [-0.1, -0.05) is 20.3 Å². The van der Waals surface area contributed by atoms with Gasteiger partial charge in [0.05, 0.1) is 6.04 Å². The van der Waals surface area contributed by atoms with Gasteiger partial charge in [-0.05, 0) is 47.6 Å². The Morgan fingerprint density at radius 1 is 0.919 bits per heavy atom. The molecule has 0 aromatic heterocycles. The summed E-state index contributed by atoms with van der Waals surface area (Å²) in [5.74, 6) is -9.89. The van der Waals surface area contributed by atoms with Gasteiger partial charge in [-0.3, -0.25) is 24.0 Å². The smallest absolute Gasteiger partial charge is 0.343 e. The number of carbonyl (C=O) groups excluding carboxylic acids is 5. The van der Waals surface area contributed by atoms with Gasteiger partial charge in [0, 0.05) is 15.4 Å². The summed E-state index contributed by atoms with van der Waals surface area (Å²) >= 11 is 0. The average molecular weight is 533 g/mol. The van der Waals surface area contributed by atoms with E-state index in [1.807, 2.05) is 0 Å². The van der Waals surface area contributed by atoms with E-state index in [0.29, 0.717) is 16.7 Å². The summed E-state index contributed by atoms with van der Waals surface area (Å²) in [5, 5.41) is 42.8. The normalized spacial score (nSPS) is 19.9. The molecule has 0 saturated carbocycles. The molecule has 0 aliphatic rings. The lowest BCUT2D eigenvalue weighted by atomic mass is 9.65. The number of carboxylic acid groups (broad SMARTS) is 1. The molecule has 0 radical (unpaired) electrons. The quantitative estimate of drug-likeness (QED) is 0.161. The molecule has 0 heterocycles. The number of nitrogens with zero attached hydrogens (tertiary/aromatic N) is 2. The third kappa shape index (κ3) is 5.74. The lowest BCUT2D eigenvalue weighted by molar-refractivity contribution is -0.178. The van der Waals surface area contributed by atoms with Crippen molar-refractivity contribution in [3.05, 3.63) is 0 Å². The van der Waals surface area contributed by atoms with E-state index in [1.54, 1.807) is 6.92 Å². The van der Waals surface area contributed by atoms with E-state index >= 15 is 0 Å². The molecule has 0 aliphatic heterocycles. The summed E-state index contributed by atoms with van der Waals surface area (Å²) in [5.41, 5.74) is -8.94. The molecule has 212 valence electrons. The number of likely N-dealkylation sites (N-methyl/N-ethyl adjacent to an activating group) is 3. The van der Waals surface area contributed by atoms with Crippen LogP contribution in [0, 0.1) is 5.92 Å². The highest BCUT2D eigenvalue weighted by Gasteiger charge is 2.66. The molecule has 0 unspecified atom stereocenters. The van der Waals surface area contributed by atoms with E-state index in [2.05, 4.69) is 5.32 Å². The molecule has 0 rings (SSSR count). The second-order valence-corrected chi connectivity index (χ2v) is 9.57. The van der Waals surface area contributed by atoms with Crippen molar-refractivity contribution in [2.75, 3.05) is 21.1 Å². The van der Waals surface area contributed by atoms with Crippen molar-refractivity contribution < 1.29 is 50.6 Å². The first kappa shape index (κ1) is 32.3. The Balaban J connectivity index is 8.13. The number of nitrogens with one attached hydrogen (secondary N) is 1. The Bertz CT molecular complexity index is 954. The molecule has 7 atom stereocenters. The molecule has 0 bridgehead atoms. The number of carboxylic acids is 1. The van der Waals surface area contributed by atoms with E-state index < -0.39 is 83.0 Å². The number of amides is 2. The minimum Gasteiger partial charge on any atom is -0.479 e. The summed E-state index contributed by atoms with van der Waals surface area (Å²) in [6, 6.07) is -1.18. The molecule has 0 spiro atoms. The molecule has 0 fully saturated rings. The highest BCUT2D eigenvalue weighted by atomic mass is 16.4. The first-order chi connectivity index (χ1) is 17.2. The highest BCUT2D eigenvalue weighted by molar-refractivity contribution is 6.30. The van der Waals surface area contributed by atoms with Crippen molar-refractivity contribution in [2.45, 2.75) is 89.8 Å². The molecular weight excluding hydrogens is 490 g/mol. The van der Waals surface area contributed by atoms with Crippen molar-refractivity contribution in [3.63, 3.8) is 0 Å². The third-order valence-corrected chi connectivity index (χ3v) is 7.02. The van der Waals surface area contributed by atoms with E-state index in [9.17, 15) is 49.2 Å². The van der Waals surface area contributed by atoms with Crippen molar-refractivity contribution in [2.24, 2.45) is 5.92 Å². The van der Waals surface area contributed by atoms with Crippen molar-refractivity contribution >= 4 is 35.1 Å². The van der Waals surface area contributed by atoms with Crippen LogP contribution >= 0.6 is 0 Å². The van der Waals surface area contributed by atoms with Crippen LogP contribution in [0.3, 0.4) is 0 Å². The summed E-state index contributed by atoms with van der Waals surface area (Å²) in [6.07, 6.45) is -3.59. The molecule has 0 aromatic rings. The minimum absolute atomic E-state index is 0.00512. The maximum atomic E-state index is 14.7. The predicted molar refractivity (Wildman–Crippen MR) is 131 cm³/mol. The van der Waals surface area contributed by atoms with Crippen molar-refractivity contribution in [1.82, 2.24) is 15.1 Å². The SMILES string of the molecule is [2H]CN(C(=O)[C@@H](C)O)[C@](C(=O)[C@H](C)NC)(C(=O)[C@](C)(C(=O)[C@](C)(O)C(=O)O)N(C)C(=O)[C@@H](C)O)[C@@H](C)CC. The fourth-order valence-corrected chi connectivity index (χ4v) is 4.11. The number of hydrogen-bond acceptors (Lipinski definition) is 10. The van der Waals surface area contributed by atoms with Crippen LogP contribution in [0.15, 0.2) is 0 Å². The zero-order chi connectivity index (χ0) is 30.5. The second-order valence-electron chi connectivity index (χ2n) is 9.57. The van der Waals surface area contributed by atoms with Crippen LogP contribution in [0.5, 0.6) is 0 Å². The fraction of sp³-hybridized carbons (Fsp3) is 0.750. The van der Waals surface area contributed by atoms with E-state index in [-0.39, 0.29) is 6.42 Å². The van der Waals surface area contributed by atoms with Crippen LogP contribution in [0.4, 0.5) is 0 Å². The van der Waals surface area contributed by atoms with Gasteiger partial charge in [-0.25, -0.2) is 4.79 Å². The average Bonchev–Trinajstić information content (AvgIpc) is 2.87. The number of aliphatic carboxylic acids is 1. The summed E-state index contributed by atoms with van der Waals surface area (Å²) < 4.78 is 8.08. The van der Waals surface area contributed by atoms with E-state index in [1.165, 1.54) is 20.9 Å². The van der Waals surface area contributed by atoms with E-state index in [4.69, 9.17) is 1.37 Å². The van der Waals surface area contributed by atoms with Gasteiger partial charge < -0.3 is 35.5 Å². The minimum atomic E-state index is -3.27. The van der Waals surface area contributed by atoms with Crippen LogP contribution in [0.2, 0.25) is 0 Å². The number of carbonyl (C=O) groups is 6. The molecule has 37 heavy (non-hydrogen) atoms. The third-order valence-electron chi connectivity index (χ3n) is 7.02. The first-order valence-electron chi connectivity index (χ1n) is 12.4. The van der Waals surface area contributed by atoms with Crippen LogP contribution in [-0.4, -0.2) is 121 Å².